The molecule has 0 radical (unpaired) electrons. The van der Waals surface area contributed by atoms with Gasteiger partial charge in [-0.1, -0.05) is 12.1 Å². The van der Waals surface area contributed by atoms with Gasteiger partial charge in [-0.05, 0) is 58.0 Å². The van der Waals surface area contributed by atoms with Crippen LogP contribution in [0.25, 0.3) is 0 Å². The monoisotopic (exact) mass is 406 g/mol. The second-order valence-electron chi connectivity index (χ2n) is 6.25. The van der Waals surface area contributed by atoms with Gasteiger partial charge in [0.25, 0.3) is 5.91 Å². The molecule has 28 heavy (non-hydrogen) atoms. The molecule has 2 rings (SSSR count). The Balaban J connectivity index is 2.38. The van der Waals surface area contributed by atoms with Crippen LogP contribution in [0.1, 0.15) is 38.1 Å². The zero-order chi connectivity index (χ0) is 20.7. The first-order valence-electron chi connectivity index (χ1n) is 9.10. The number of benzene rings is 2. The van der Waals surface area contributed by atoms with Crippen LogP contribution in [0.3, 0.4) is 0 Å². The lowest BCUT2D eigenvalue weighted by Gasteiger charge is -2.15. The fraction of sp³-hybridized carbons (Fsp3) is 0.350. The number of sulfonamides is 1. The quantitative estimate of drug-likeness (QED) is 0.665. The van der Waals surface area contributed by atoms with Crippen LogP contribution in [0, 0.1) is 0 Å². The number of ether oxygens (including phenoxy) is 2. The largest absolute Gasteiger partial charge is 0.492 e. The SMILES string of the molecule is CCOc1ccccc1NC(=O)c1ccc(OCC)c(S(=O)(=O)NC(C)C)c1. The molecular formula is C20H26N2O5S. The molecule has 0 atom stereocenters. The Morgan fingerprint density at radius 3 is 2.29 bits per heavy atom. The normalized spacial score (nSPS) is 11.3. The zero-order valence-electron chi connectivity index (χ0n) is 16.5. The van der Waals surface area contributed by atoms with E-state index >= 15 is 0 Å². The molecule has 0 spiro atoms. The average molecular weight is 407 g/mol. The minimum atomic E-state index is -3.84. The number of para-hydroxylation sites is 2. The van der Waals surface area contributed by atoms with Crippen molar-refractivity contribution in [3.8, 4) is 11.5 Å². The molecule has 0 unspecified atom stereocenters. The number of hydrogen-bond donors (Lipinski definition) is 2. The maximum Gasteiger partial charge on any atom is 0.255 e. The average Bonchev–Trinajstić information content (AvgIpc) is 2.63. The van der Waals surface area contributed by atoms with Gasteiger partial charge < -0.3 is 14.8 Å². The van der Waals surface area contributed by atoms with Gasteiger partial charge in [0.15, 0.2) is 0 Å². The Labute approximate surface area is 166 Å². The van der Waals surface area contributed by atoms with Gasteiger partial charge in [0.1, 0.15) is 16.4 Å². The molecule has 0 fully saturated rings. The number of carbonyl (C=O) groups excluding carboxylic acids is 1. The second-order valence-corrected chi connectivity index (χ2v) is 7.94. The molecule has 0 saturated carbocycles. The predicted octanol–water partition coefficient (Wildman–Crippen LogP) is 3.42. The number of nitrogens with one attached hydrogen (secondary N) is 2. The maximum absolute atomic E-state index is 12.7. The minimum absolute atomic E-state index is 0.0752. The maximum atomic E-state index is 12.7. The molecule has 0 aliphatic rings. The van der Waals surface area contributed by atoms with Crippen LogP contribution in [-0.4, -0.2) is 33.6 Å². The van der Waals surface area contributed by atoms with Crippen molar-refractivity contribution in [1.29, 1.82) is 0 Å². The topological polar surface area (TPSA) is 93.7 Å². The standard InChI is InChI=1S/C20H26N2O5S/c1-5-26-17-10-8-7-9-16(17)21-20(23)15-11-12-18(27-6-2)19(13-15)28(24,25)22-14(3)4/h7-14,22H,5-6H2,1-4H3,(H,21,23). The third kappa shape index (κ3) is 5.46. The molecule has 0 aliphatic heterocycles. The van der Waals surface area contributed by atoms with Crippen molar-refractivity contribution in [3.63, 3.8) is 0 Å². The van der Waals surface area contributed by atoms with E-state index in [4.69, 9.17) is 9.47 Å². The van der Waals surface area contributed by atoms with Crippen molar-refractivity contribution in [2.75, 3.05) is 18.5 Å². The molecule has 7 nitrogen and oxygen atoms in total. The fourth-order valence-corrected chi connectivity index (χ4v) is 3.98. The number of hydrogen-bond acceptors (Lipinski definition) is 5. The van der Waals surface area contributed by atoms with E-state index in [0.29, 0.717) is 24.7 Å². The van der Waals surface area contributed by atoms with Crippen molar-refractivity contribution in [2.45, 2.75) is 38.6 Å². The number of carbonyl (C=O) groups is 1. The van der Waals surface area contributed by atoms with E-state index in [1.807, 2.05) is 6.92 Å². The summed E-state index contributed by atoms with van der Waals surface area (Å²) in [5, 5.41) is 2.76. The van der Waals surface area contributed by atoms with Crippen molar-refractivity contribution in [3.05, 3.63) is 48.0 Å². The first-order valence-corrected chi connectivity index (χ1v) is 10.6. The Morgan fingerprint density at radius 2 is 1.64 bits per heavy atom. The smallest absolute Gasteiger partial charge is 0.255 e. The van der Waals surface area contributed by atoms with E-state index in [1.165, 1.54) is 18.2 Å². The van der Waals surface area contributed by atoms with Crippen LogP contribution in [0.2, 0.25) is 0 Å². The molecule has 8 heteroatoms. The van der Waals surface area contributed by atoms with E-state index in [2.05, 4.69) is 10.0 Å². The van der Waals surface area contributed by atoms with E-state index in [1.54, 1.807) is 45.0 Å². The molecular weight excluding hydrogens is 380 g/mol. The molecule has 152 valence electrons. The van der Waals surface area contributed by atoms with Crippen molar-refractivity contribution in [1.82, 2.24) is 4.72 Å². The molecule has 0 saturated heterocycles. The van der Waals surface area contributed by atoms with Crippen LogP contribution in [0.5, 0.6) is 11.5 Å². The fourth-order valence-electron chi connectivity index (χ4n) is 2.55. The molecule has 1 amide bonds. The van der Waals surface area contributed by atoms with Crippen LogP contribution in [0.15, 0.2) is 47.4 Å². The molecule has 0 bridgehead atoms. The van der Waals surface area contributed by atoms with Crippen LogP contribution >= 0.6 is 0 Å². The highest BCUT2D eigenvalue weighted by Crippen LogP contribution is 2.28. The van der Waals surface area contributed by atoms with E-state index in [9.17, 15) is 13.2 Å². The van der Waals surface area contributed by atoms with Gasteiger partial charge >= 0.3 is 0 Å². The van der Waals surface area contributed by atoms with Crippen LogP contribution in [0.4, 0.5) is 5.69 Å². The predicted molar refractivity (Wildman–Crippen MR) is 109 cm³/mol. The lowest BCUT2D eigenvalue weighted by molar-refractivity contribution is 0.102. The first-order chi connectivity index (χ1) is 13.3. The van der Waals surface area contributed by atoms with Crippen LogP contribution < -0.4 is 19.5 Å². The van der Waals surface area contributed by atoms with Crippen LogP contribution in [-0.2, 0) is 10.0 Å². The molecule has 2 aromatic rings. The summed E-state index contributed by atoms with van der Waals surface area (Å²) in [5.41, 5.74) is 0.701. The van der Waals surface area contributed by atoms with Gasteiger partial charge in [-0.25, -0.2) is 13.1 Å². The Bertz CT molecular complexity index is 926. The Hall–Kier alpha value is -2.58. The number of rotatable bonds is 9. The van der Waals surface area contributed by atoms with Gasteiger partial charge in [-0.3, -0.25) is 4.79 Å². The summed E-state index contributed by atoms with van der Waals surface area (Å²) in [4.78, 5) is 12.6. The van der Waals surface area contributed by atoms with Crippen molar-refractivity contribution in [2.24, 2.45) is 0 Å². The lowest BCUT2D eigenvalue weighted by Crippen LogP contribution is -2.30. The third-order valence-electron chi connectivity index (χ3n) is 3.62. The van der Waals surface area contributed by atoms with Crippen molar-refractivity contribution < 1.29 is 22.7 Å². The lowest BCUT2D eigenvalue weighted by atomic mass is 10.2. The summed E-state index contributed by atoms with van der Waals surface area (Å²) in [6.07, 6.45) is 0. The first kappa shape index (κ1) is 21.7. The van der Waals surface area contributed by atoms with Gasteiger partial charge in [0.05, 0.1) is 18.9 Å². The molecule has 0 aliphatic carbocycles. The van der Waals surface area contributed by atoms with E-state index in [0.717, 1.165) is 0 Å². The highest BCUT2D eigenvalue weighted by molar-refractivity contribution is 7.89. The number of amides is 1. The summed E-state index contributed by atoms with van der Waals surface area (Å²) in [7, 11) is -3.84. The molecule has 0 aromatic heterocycles. The van der Waals surface area contributed by atoms with Gasteiger partial charge in [0.2, 0.25) is 10.0 Å². The Morgan fingerprint density at radius 1 is 1.00 bits per heavy atom. The summed E-state index contributed by atoms with van der Waals surface area (Å²) in [5.74, 6) is 0.289. The third-order valence-corrected chi connectivity index (χ3v) is 5.30. The van der Waals surface area contributed by atoms with Crippen molar-refractivity contribution >= 4 is 21.6 Å². The summed E-state index contributed by atoms with van der Waals surface area (Å²) in [6.45, 7) is 7.82. The summed E-state index contributed by atoms with van der Waals surface area (Å²) < 4.78 is 38.8. The highest BCUT2D eigenvalue weighted by atomic mass is 32.2. The molecule has 0 heterocycles. The van der Waals surface area contributed by atoms with Gasteiger partial charge in [0, 0.05) is 11.6 Å². The zero-order valence-corrected chi connectivity index (χ0v) is 17.3. The summed E-state index contributed by atoms with van der Waals surface area (Å²) in [6, 6.07) is 11.1. The second kappa shape index (κ2) is 9.57. The van der Waals surface area contributed by atoms with E-state index in [-0.39, 0.29) is 22.3 Å². The summed E-state index contributed by atoms with van der Waals surface area (Å²) >= 11 is 0. The highest BCUT2D eigenvalue weighted by Gasteiger charge is 2.23. The van der Waals surface area contributed by atoms with Gasteiger partial charge in [-0.2, -0.15) is 0 Å². The molecule has 2 aromatic carbocycles. The Kier molecular flexibility index (Phi) is 7.42. The number of anilines is 1. The van der Waals surface area contributed by atoms with E-state index < -0.39 is 15.9 Å². The molecule has 2 N–H and O–H groups in total. The van der Waals surface area contributed by atoms with Gasteiger partial charge in [-0.15, -0.1) is 0 Å². The minimum Gasteiger partial charge on any atom is -0.492 e.